The Labute approximate surface area is 121 Å². The molecule has 108 valence electrons. The molecule has 0 aliphatic heterocycles. The Balaban J connectivity index is 3.10. The number of aliphatic imine (C=N–C) groups is 1. The van der Waals surface area contributed by atoms with Gasteiger partial charge in [0.25, 0.3) is 0 Å². The van der Waals surface area contributed by atoms with Gasteiger partial charge in [0, 0.05) is 5.56 Å². The molecule has 0 saturated heterocycles. The summed E-state index contributed by atoms with van der Waals surface area (Å²) >= 11 is 1.16. The van der Waals surface area contributed by atoms with Gasteiger partial charge in [0.05, 0.1) is 19.4 Å². The lowest BCUT2D eigenvalue weighted by atomic mass is 10.1. The number of phenolic OH excluding ortho intramolecular Hbond substituents is 1. The summed E-state index contributed by atoms with van der Waals surface area (Å²) in [4.78, 5) is 14.8. The predicted molar refractivity (Wildman–Crippen MR) is 79.5 cm³/mol. The summed E-state index contributed by atoms with van der Waals surface area (Å²) in [5.41, 5.74) is 0.548. The summed E-state index contributed by atoms with van der Waals surface area (Å²) < 4.78 is 9.71. The van der Waals surface area contributed by atoms with Crippen molar-refractivity contribution in [2.24, 2.45) is 4.99 Å². The van der Waals surface area contributed by atoms with Crippen molar-refractivity contribution in [1.29, 1.82) is 5.41 Å². The topological polar surface area (TPSA) is 92.0 Å². The number of hydrogen-bond acceptors (Lipinski definition) is 6. The highest BCUT2D eigenvalue weighted by Crippen LogP contribution is 2.27. The second-order valence-electron chi connectivity index (χ2n) is 3.58. The van der Waals surface area contributed by atoms with Gasteiger partial charge in [-0.1, -0.05) is 0 Å². The lowest BCUT2D eigenvalue weighted by Crippen LogP contribution is -2.13. The minimum absolute atomic E-state index is 0.000918. The molecular weight excluding hydrogens is 280 g/mol. The lowest BCUT2D eigenvalue weighted by Gasteiger charge is -2.09. The number of aromatic hydroxyl groups is 1. The van der Waals surface area contributed by atoms with Crippen LogP contribution in [0.4, 0.5) is 4.79 Å². The highest BCUT2D eigenvalue weighted by molar-refractivity contribution is 8.15. The molecule has 0 aliphatic rings. The fourth-order valence-electron chi connectivity index (χ4n) is 1.40. The summed E-state index contributed by atoms with van der Waals surface area (Å²) in [6, 6.07) is 4.53. The number of nitrogens with zero attached hydrogens (tertiary/aromatic N) is 1. The zero-order chi connectivity index (χ0) is 15.1. The van der Waals surface area contributed by atoms with Crippen LogP contribution in [0.1, 0.15) is 12.5 Å². The van der Waals surface area contributed by atoms with E-state index in [1.165, 1.54) is 19.2 Å². The van der Waals surface area contributed by atoms with Gasteiger partial charge in [-0.15, -0.1) is 11.8 Å². The molecule has 7 heteroatoms. The first-order valence-corrected chi connectivity index (χ1v) is 7.01. The molecule has 0 bridgehead atoms. The number of nitrogens with one attached hydrogen (secondary N) is 1. The van der Waals surface area contributed by atoms with Crippen molar-refractivity contribution in [3.63, 3.8) is 0 Å². The van der Waals surface area contributed by atoms with Gasteiger partial charge in [-0.25, -0.2) is 4.79 Å². The van der Waals surface area contributed by atoms with Crippen LogP contribution >= 0.6 is 11.8 Å². The summed E-state index contributed by atoms with van der Waals surface area (Å²) in [6.45, 7) is 2.19. The number of phenols is 1. The van der Waals surface area contributed by atoms with E-state index in [-0.39, 0.29) is 22.3 Å². The molecule has 0 heterocycles. The molecule has 1 aromatic rings. The molecule has 0 spiro atoms. The van der Waals surface area contributed by atoms with E-state index in [2.05, 4.69) is 9.73 Å². The number of benzene rings is 1. The maximum absolute atomic E-state index is 11.2. The standard InChI is InChI=1S/C13H16N2O4S/c1-4-19-10-7-8(5-6-9(10)16)11(14)12(20-3)15-13(17)18-2/h5-7,14,16H,4H2,1-3H3. The number of amides is 1. The Kier molecular flexibility index (Phi) is 6.05. The van der Waals surface area contributed by atoms with Crippen molar-refractivity contribution in [2.45, 2.75) is 6.92 Å². The number of thioether (sulfide) groups is 1. The first-order valence-electron chi connectivity index (χ1n) is 5.79. The molecule has 0 saturated carbocycles. The van der Waals surface area contributed by atoms with Crippen LogP contribution in [-0.2, 0) is 4.74 Å². The molecule has 0 radical (unpaired) electrons. The number of hydrogen-bond donors (Lipinski definition) is 2. The summed E-state index contributed by atoms with van der Waals surface area (Å²) in [5, 5.41) is 17.9. The number of carbonyl (C=O) groups is 1. The van der Waals surface area contributed by atoms with Gasteiger partial charge < -0.3 is 14.6 Å². The van der Waals surface area contributed by atoms with E-state index in [9.17, 15) is 9.90 Å². The first kappa shape index (κ1) is 16.0. The maximum atomic E-state index is 11.2. The van der Waals surface area contributed by atoms with Gasteiger partial charge in [-0.2, -0.15) is 4.99 Å². The summed E-state index contributed by atoms with van der Waals surface area (Å²) in [5.74, 6) is 0.285. The van der Waals surface area contributed by atoms with Gasteiger partial charge >= 0.3 is 6.09 Å². The summed E-state index contributed by atoms with van der Waals surface area (Å²) in [6.07, 6.45) is 0.947. The minimum atomic E-state index is -0.761. The molecule has 1 rings (SSSR count). The van der Waals surface area contributed by atoms with Crippen LogP contribution in [-0.4, -0.2) is 41.9 Å². The molecule has 1 amide bonds. The van der Waals surface area contributed by atoms with E-state index >= 15 is 0 Å². The number of methoxy groups -OCH3 is 1. The lowest BCUT2D eigenvalue weighted by molar-refractivity contribution is 0.183. The Bertz CT molecular complexity index is 543. The van der Waals surface area contributed by atoms with E-state index < -0.39 is 6.09 Å². The van der Waals surface area contributed by atoms with Crippen molar-refractivity contribution in [3.05, 3.63) is 23.8 Å². The zero-order valence-electron chi connectivity index (χ0n) is 11.5. The molecule has 0 atom stereocenters. The van der Waals surface area contributed by atoms with Crippen LogP contribution < -0.4 is 4.74 Å². The van der Waals surface area contributed by atoms with Crippen molar-refractivity contribution < 1.29 is 19.4 Å². The molecule has 0 fully saturated rings. The molecule has 0 aromatic heterocycles. The second-order valence-corrected chi connectivity index (χ2v) is 4.38. The zero-order valence-corrected chi connectivity index (χ0v) is 12.3. The van der Waals surface area contributed by atoms with Crippen molar-refractivity contribution in [1.82, 2.24) is 0 Å². The monoisotopic (exact) mass is 296 g/mol. The Hall–Kier alpha value is -2.02. The van der Waals surface area contributed by atoms with Crippen LogP contribution in [0.25, 0.3) is 0 Å². The van der Waals surface area contributed by atoms with Crippen LogP contribution in [0.3, 0.4) is 0 Å². The van der Waals surface area contributed by atoms with Crippen molar-refractivity contribution >= 4 is 28.6 Å². The molecule has 1 aromatic carbocycles. The SMILES string of the molecule is CCOc1cc(C(=N)C(=NC(=O)OC)SC)ccc1O. The Morgan fingerprint density at radius 1 is 1.50 bits per heavy atom. The molecule has 0 aliphatic carbocycles. The second kappa shape index (κ2) is 7.54. The summed E-state index contributed by atoms with van der Waals surface area (Å²) in [7, 11) is 1.22. The number of ether oxygens (including phenoxy) is 2. The fraction of sp³-hybridized carbons (Fsp3) is 0.308. The molecule has 0 unspecified atom stereocenters. The van der Waals surface area contributed by atoms with Crippen LogP contribution in [0.15, 0.2) is 23.2 Å². The van der Waals surface area contributed by atoms with E-state index in [1.54, 1.807) is 19.2 Å². The Morgan fingerprint density at radius 2 is 2.20 bits per heavy atom. The fourth-order valence-corrected chi connectivity index (χ4v) is 1.88. The van der Waals surface area contributed by atoms with Gasteiger partial charge in [0.2, 0.25) is 0 Å². The van der Waals surface area contributed by atoms with Gasteiger partial charge in [0.1, 0.15) is 5.04 Å². The normalized spacial score (nSPS) is 11.1. The molecule has 2 N–H and O–H groups in total. The van der Waals surface area contributed by atoms with Gasteiger partial charge in [-0.3, -0.25) is 5.41 Å². The van der Waals surface area contributed by atoms with E-state index in [0.717, 1.165) is 11.8 Å². The van der Waals surface area contributed by atoms with E-state index in [4.69, 9.17) is 10.1 Å². The number of rotatable bonds is 4. The van der Waals surface area contributed by atoms with Crippen molar-refractivity contribution in [3.8, 4) is 11.5 Å². The third-order valence-electron chi connectivity index (χ3n) is 2.32. The van der Waals surface area contributed by atoms with Crippen LogP contribution in [0.2, 0.25) is 0 Å². The van der Waals surface area contributed by atoms with E-state index in [1.807, 2.05) is 0 Å². The first-order chi connectivity index (χ1) is 9.53. The van der Waals surface area contributed by atoms with E-state index in [0.29, 0.717) is 12.2 Å². The van der Waals surface area contributed by atoms with Gasteiger partial charge in [0.15, 0.2) is 11.5 Å². The molecule has 6 nitrogen and oxygen atoms in total. The largest absolute Gasteiger partial charge is 0.504 e. The van der Waals surface area contributed by atoms with Gasteiger partial charge in [-0.05, 0) is 31.4 Å². The quantitative estimate of drug-likeness (QED) is 0.658. The molecule has 20 heavy (non-hydrogen) atoms. The third-order valence-corrected chi connectivity index (χ3v) is 3.01. The van der Waals surface area contributed by atoms with Crippen LogP contribution in [0, 0.1) is 5.41 Å². The average molecular weight is 296 g/mol. The maximum Gasteiger partial charge on any atom is 0.434 e. The smallest absolute Gasteiger partial charge is 0.434 e. The average Bonchev–Trinajstić information content (AvgIpc) is 2.46. The van der Waals surface area contributed by atoms with Crippen LogP contribution in [0.5, 0.6) is 11.5 Å². The molecular formula is C13H16N2O4S. The highest BCUT2D eigenvalue weighted by Gasteiger charge is 2.14. The number of carbonyl (C=O) groups excluding carboxylic acids is 1. The predicted octanol–water partition coefficient (Wildman–Crippen LogP) is 2.69. The highest BCUT2D eigenvalue weighted by atomic mass is 32.2. The third kappa shape index (κ3) is 3.99. The Morgan fingerprint density at radius 3 is 2.75 bits per heavy atom. The van der Waals surface area contributed by atoms with Crippen molar-refractivity contribution in [2.75, 3.05) is 20.0 Å². The minimum Gasteiger partial charge on any atom is -0.504 e.